The lowest BCUT2D eigenvalue weighted by atomic mass is 10.2. The predicted octanol–water partition coefficient (Wildman–Crippen LogP) is 1.58. The SMILES string of the molecule is C=CS(=O)(=O)N(CC(C)C)C1CC1. The molecule has 0 bridgehead atoms. The van der Waals surface area contributed by atoms with Crippen molar-refractivity contribution < 1.29 is 8.42 Å². The minimum atomic E-state index is -3.19. The fourth-order valence-electron chi connectivity index (χ4n) is 1.28. The molecule has 0 aromatic heterocycles. The van der Waals surface area contributed by atoms with Crippen LogP contribution in [0.1, 0.15) is 26.7 Å². The molecule has 0 N–H and O–H groups in total. The van der Waals surface area contributed by atoms with Crippen LogP contribution in [0.4, 0.5) is 0 Å². The molecule has 1 fully saturated rings. The maximum atomic E-state index is 11.5. The van der Waals surface area contributed by atoms with Crippen molar-refractivity contribution in [3.05, 3.63) is 12.0 Å². The van der Waals surface area contributed by atoms with Gasteiger partial charge in [-0.3, -0.25) is 0 Å². The van der Waals surface area contributed by atoms with Crippen molar-refractivity contribution in [3.63, 3.8) is 0 Å². The van der Waals surface area contributed by atoms with E-state index in [-0.39, 0.29) is 6.04 Å². The van der Waals surface area contributed by atoms with Crippen LogP contribution in [0.25, 0.3) is 0 Å². The monoisotopic (exact) mass is 203 g/mol. The number of sulfonamides is 1. The average molecular weight is 203 g/mol. The molecule has 0 amide bonds. The number of hydrogen-bond donors (Lipinski definition) is 0. The minimum Gasteiger partial charge on any atom is -0.208 e. The van der Waals surface area contributed by atoms with Gasteiger partial charge in [0.2, 0.25) is 10.0 Å². The molecule has 1 aliphatic rings. The van der Waals surface area contributed by atoms with Gasteiger partial charge < -0.3 is 0 Å². The molecule has 0 aliphatic heterocycles. The summed E-state index contributed by atoms with van der Waals surface area (Å²) >= 11 is 0. The Morgan fingerprint density at radius 3 is 2.38 bits per heavy atom. The van der Waals surface area contributed by atoms with Gasteiger partial charge in [-0.1, -0.05) is 20.4 Å². The van der Waals surface area contributed by atoms with Gasteiger partial charge in [0.05, 0.1) is 0 Å². The molecular formula is C9H17NO2S. The van der Waals surface area contributed by atoms with Gasteiger partial charge in [-0.25, -0.2) is 8.42 Å². The molecule has 0 radical (unpaired) electrons. The van der Waals surface area contributed by atoms with Gasteiger partial charge in [-0.15, -0.1) is 0 Å². The third kappa shape index (κ3) is 2.81. The summed E-state index contributed by atoms with van der Waals surface area (Å²) in [4.78, 5) is 0. The van der Waals surface area contributed by atoms with Gasteiger partial charge in [0.25, 0.3) is 0 Å². The Hall–Kier alpha value is -0.350. The van der Waals surface area contributed by atoms with E-state index in [1.54, 1.807) is 4.31 Å². The van der Waals surface area contributed by atoms with Crippen LogP contribution in [0.15, 0.2) is 12.0 Å². The first-order valence-electron chi connectivity index (χ1n) is 4.61. The number of hydrogen-bond acceptors (Lipinski definition) is 2. The third-order valence-corrected chi connectivity index (χ3v) is 3.56. The van der Waals surface area contributed by atoms with E-state index < -0.39 is 10.0 Å². The summed E-state index contributed by atoms with van der Waals surface area (Å²) in [6.45, 7) is 7.99. The first-order valence-corrected chi connectivity index (χ1v) is 6.12. The zero-order chi connectivity index (χ0) is 10.1. The van der Waals surface area contributed by atoms with E-state index in [2.05, 4.69) is 6.58 Å². The van der Waals surface area contributed by atoms with Crippen molar-refractivity contribution in [2.75, 3.05) is 6.54 Å². The lowest BCUT2D eigenvalue weighted by Gasteiger charge is -2.21. The Bertz CT molecular complexity index is 278. The zero-order valence-electron chi connectivity index (χ0n) is 8.23. The van der Waals surface area contributed by atoms with Crippen molar-refractivity contribution in [2.45, 2.75) is 32.7 Å². The van der Waals surface area contributed by atoms with Gasteiger partial charge in [0.15, 0.2) is 0 Å². The minimum absolute atomic E-state index is 0.241. The maximum absolute atomic E-state index is 11.5. The summed E-state index contributed by atoms with van der Waals surface area (Å²) in [7, 11) is -3.19. The van der Waals surface area contributed by atoms with Crippen molar-refractivity contribution in [3.8, 4) is 0 Å². The van der Waals surface area contributed by atoms with E-state index in [9.17, 15) is 8.42 Å². The van der Waals surface area contributed by atoms with Gasteiger partial charge >= 0.3 is 0 Å². The fraction of sp³-hybridized carbons (Fsp3) is 0.778. The van der Waals surface area contributed by atoms with E-state index in [4.69, 9.17) is 0 Å². The summed E-state index contributed by atoms with van der Waals surface area (Å²) in [5.41, 5.74) is 0. The molecule has 0 atom stereocenters. The highest BCUT2D eigenvalue weighted by Gasteiger charge is 2.35. The van der Waals surface area contributed by atoms with Crippen molar-refractivity contribution in [1.29, 1.82) is 0 Å². The second-order valence-corrected chi connectivity index (χ2v) is 5.74. The van der Waals surface area contributed by atoms with E-state index in [1.807, 2.05) is 13.8 Å². The lowest BCUT2D eigenvalue weighted by Crippen LogP contribution is -2.34. The first kappa shape index (κ1) is 10.7. The molecular weight excluding hydrogens is 186 g/mol. The van der Waals surface area contributed by atoms with Gasteiger partial charge in [0.1, 0.15) is 0 Å². The van der Waals surface area contributed by atoms with Crippen LogP contribution in [0.3, 0.4) is 0 Å². The number of nitrogens with zero attached hydrogens (tertiary/aromatic N) is 1. The second-order valence-electron chi connectivity index (χ2n) is 3.91. The van der Waals surface area contributed by atoms with Crippen molar-refractivity contribution in [2.24, 2.45) is 5.92 Å². The molecule has 1 aliphatic carbocycles. The van der Waals surface area contributed by atoms with E-state index >= 15 is 0 Å². The van der Waals surface area contributed by atoms with E-state index in [0.717, 1.165) is 18.2 Å². The Kier molecular flexibility index (Phi) is 3.14. The van der Waals surface area contributed by atoms with Gasteiger partial charge in [0, 0.05) is 18.0 Å². The molecule has 0 unspecified atom stereocenters. The molecule has 76 valence electrons. The molecule has 13 heavy (non-hydrogen) atoms. The third-order valence-electron chi connectivity index (χ3n) is 2.04. The summed E-state index contributed by atoms with van der Waals surface area (Å²) in [5, 5.41) is 1.05. The van der Waals surface area contributed by atoms with Crippen molar-refractivity contribution >= 4 is 10.0 Å². The van der Waals surface area contributed by atoms with E-state index in [1.165, 1.54) is 0 Å². The fourth-order valence-corrected chi connectivity index (χ4v) is 2.60. The molecule has 0 heterocycles. The largest absolute Gasteiger partial charge is 0.235 e. The Labute approximate surface area is 80.5 Å². The standard InChI is InChI=1S/C9H17NO2S/c1-4-13(11,12)10(7-8(2)3)9-5-6-9/h4,8-9H,1,5-7H2,2-3H3. The van der Waals surface area contributed by atoms with Crippen LogP contribution in [0.5, 0.6) is 0 Å². The highest BCUT2D eigenvalue weighted by atomic mass is 32.2. The van der Waals surface area contributed by atoms with Crippen LogP contribution in [0, 0.1) is 5.92 Å². The van der Waals surface area contributed by atoms with Crippen LogP contribution < -0.4 is 0 Å². The van der Waals surface area contributed by atoms with Gasteiger partial charge in [-0.05, 0) is 18.8 Å². The topological polar surface area (TPSA) is 37.4 Å². The maximum Gasteiger partial charge on any atom is 0.235 e. The smallest absolute Gasteiger partial charge is 0.208 e. The Balaban J connectivity index is 2.73. The Morgan fingerprint density at radius 2 is 2.08 bits per heavy atom. The van der Waals surface area contributed by atoms with Crippen LogP contribution in [-0.4, -0.2) is 25.3 Å². The summed E-state index contributed by atoms with van der Waals surface area (Å²) in [5.74, 6) is 0.371. The normalized spacial score (nSPS) is 18.2. The highest BCUT2D eigenvalue weighted by Crippen LogP contribution is 2.30. The zero-order valence-corrected chi connectivity index (χ0v) is 9.05. The molecule has 3 nitrogen and oxygen atoms in total. The molecule has 0 aromatic carbocycles. The molecule has 0 saturated heterocycles. The molecule has 0 aromatic rings. The predicted molar refractivity (Wildman–Crippen MR) is 53.7 cm³/mol. The second kappa shape index (κ2) is 3.80. The van der Waals surface area contributed by atoms with Gasteiger partial charge in [-0.2, -0.15) is 4.31 Å². The Morgan fingerprint density at radius 1 is 1.54 bits per heavy atom. The van der Waals surface area contributed by atoms with Crippen LogP contribution in [0.2, 0.25) is 0 Å². The summed E-state index contributed by atoms with van der Waals surface area (Å²) in [6.07, 6.45) is 2.00. The highest BCUT2D eigenvalue weighted by molar-refractivity contribution is 7.92. The van der Waals surface area contributed by atoms with Crippen molar-refractivity contribution in [1.82, 2.24) is 4.31 Å². The van der Waals surface area contributed by atoms with Crippen LogP contribution >= 0.6 is 0 Å². The molecule has 1 saturated carbocycles. The van der Waals surface area contributed by atoms with E-state index in [0.29, 0.717) is 12.5 Å². The summed E-state index contributed by atoms with van der Waals surface area (Å²) in [6, 6.07) is 0.241. The van der Waals surface area contributed by atoms with Crippen LogP contribution in [-0.2, 0) is 10.0 Å². The lowest BCUT2D eigenvalue weighted by molar-refractivity contribution is 0.364. The molecule has 4 heteroatoms. The number of rotatable bonds is 5. The molecule has 0 spiro atoms. The first-order chi connectivity index (χ1) is 5.97. The summed E-state index contributed by atoms with van der Waals surface area (Å²) < 4.78 is 24.6. The average Bonchev–Trinajstić information content (AvgIpc) is 2.82. The quantitative estimate of drug-likeness (QED) is 0.680. The molecule has 1 rings (SSSR count).